The number of aromatic carboxylic acids is 1. The highest BCUT2D eigenvalue weighted by Crippen LogP contribution is 2.37. The van der Waals surface area contributed by atoms with Crippen LogP contribution in [0.15, 0.2) is 72.8 Å². The molecule has 1 saturated carbocycles. The quantitative estimate of drug-likeness (QED) is 0.209. The van der Waals surface area contributed by atoms with Crippen molar-refractivity contribution in [3.05, 3.63) is 106 Å². The number of ether oxygens (including phenoxy) is 1. The van der Waals surface area contributed by atoms with E-state index in [1.165, 1.54) is 36.0 Å². The Kier molecular flexibility index (Phi) is 7.78. The molecule has 5 aromatic rings. The lowest BCUT2D eigenvalue weighted by atomic mass is 9.94. The molecular weight excluding hydrogens is 544 g/mol. The third kappa shape index (κ3) is 5.54. The average molecular weight is 579 g/mol. The van der Waals surface area contributed by atoms with E-state index < -0.39 is 5.97 Å². The van der Waals surface area contributed by atoms with Crippen molar-refractivity contribution in [2.24, 2.45) is 0 Å². The van der Waals surface area contributed by atoms with Crippen LogP contribution in [-0.2, 0) is 6.61 Å². The van der Waals surface area contributed by atoms with Gasteiger partial charge in [0.1, 0.15) is 18.2 Å². The van der Waals surface area contributed by atoms with Crippen LogP contribution in [0, 0.1) is 20.8 Å². The van der Waals surface area contributed by atoms with Gasteiger partial charge in [-0.1, -0.05) is 49.1 Å². The van der Waals surface area contributed by atoms with Gasteiger partial charge < -0.3 is 14.4 Å². The highest BCUT2D eigenvalue weighted by atomic mass is 35.5. The van der Waals surface area contributed by atoms with E-state index in [1.54, 1.807) is 12.1 Å². The zero-order valence-corrected chi connectivity index (χ0v) is 25.0. The van der Waals surface area contributed by atoms with Gasteiger partial charge in [-0.25, -0.2) is 9.78 Å². The Morgan fingerprint density at radius 3 is 2.31 bits per heavy atom. The Morgan fingerprint density at radius 2 is 1.62 bits per heavy atom. The Bertz CT molecular complexity index is 1760. The molecule has 5 nitrogen and oxygen atoms in total. The summed E-state index contributed by atoms with van der Waals surface area (Å²) >= 11 is 6.40. The molecule has 1 fully saturated rings. The summed E-state index contributed by atoms with van der Waals surface area (Å²) in [6, 6.07) is 24.1. The predicted octanol–water partition coefficient (Wildman–Crippen LogP) is 9.73. The lowest BCUT2D eigenvalue weighted by Gasteiger charge is -2.25. The number of carboxylic acids is 1. The fourth-order valence-corrected chi connectivity index (χ4v) is 6.35. The van der Waals surface area contributed by atoms with Crippen LogP contribution in [0.1, 0.15) is 70.8 Å². The number of carbonyl (C=O) groups is 1. The summed E-state index contributed by atoms with van der Waals surface area (Å²) in [6.45, 7) is 6.83. The molecule has 1 aliphatic carbocycles. The Labute approximate surface area is 251 Å². The molecule has 1 aliphatic rings. The van der Waals surface area contributed by atoms with Crippen molar-refractivity contribution in [1.29, 1.82) is 0 Å². The number of rotatable bonds is 7. The number of fused-ring (bicyclic) bond motifs is 1. The molecule has 1 heterocycles. The third-order valence-electron chi connectivity index (χ3n) is 8.69. The number of halogens is 1. The number of imidazole rings is 1. The molecular formula is C36H35ClN2O3. The third-order valence-corrected chi connectivity index (χ3v) is 8.92. The Balaban J connectivity index is 1.29. The van der Waals surface area contributed by atoms with Gasteiger partial charge in [-0.05, 0) is 122 Å². The molecule has 0 saturated heterocycles. The molecule has 1 aromatic heterocycles. The van der Waals surface area contributed by atoms with Gasteiger partial charge in [0.15, 0.2) is 0 Å². The average Bonchev–Trinajstić information content (AvgIpc) is 3.38. The maximum Gasteiger partial charge on any atom is 0.335 e. The monoisotopic (exact) mass is 578 g/mol. The van der Waals surface area contributed by atoms with Gasteiger partial charge in [-0.15, -0.1) is 0 Å². The first-order chi connectivity index (χ1) is 20.3. The van der Waals surface area contributed by atoms with Crippen molar-refractivity contribution < 1.29 is 14.6 Å². The number of carboxylic acid groups (broad SMARTS) is 1. The van der Waals surface area contributed by atoms with Gasteiger partial charge in [-0.2, -0.15) is 0 Å². The standard InChI is InChI=1S/C36H35ClN2O3/c1-22-17-27(18-23(2)24(22)3)32-15-12-29(37)19-28(32)21-42-31-13-9-25(10-14-31)35-38-33-20-26(36(40)41)11-16-34(33)39(35)30-7-5-4-6-8-30/h9-20,30H,4-8,21H2,1-3H3,(H,40,41). The van der Waals surface area contributed by atoms with E-state index in [9.17, 15) is 9.90 Å². The number of benzene rings is 4. The van der Waals surface area contributed by atoms with Gasteiger partial charge in [0, 0.05) is 16.6 Å². The van der Waals surface area contributed by atoms with Gasteiger partial charge in [0.2, 0.25) is 0 Å². The van der Waals surface area contributed by atoms with Crippen molar-refractivity contribution >= 4 is 28.6 Å². The molecule has 0 radical (unpaired) electrons. The normalized spacial score (nSPS) is 13.9. The van der Waals surface area contributed by atoms with E-state index in [2.05, 4.69) is 43.5 Å². The Hall–Kier alpha value is -4.09. The molecule has 0 unspecified atom stereocenters. The lowest BCUT2D eigenvalue weighted by Crippen LogP contribution is -2.14. The molecule has 0 atom stereocenters. The first kappa shape index (κ1) is 28.0. The number of hydrogen-bond acceptors (Lipinski definition) is 3. The highest BCUT2D eigenvalue weighted by molar-refractivity contribution is 6.30. The van der Waals surface area contributed by atoms with Crippen LogP contribution in [0.2, 0.25) is 5.02 Å². The highest BCUT2D eigenvalue weighted by Gasteiger charge is 2.23. The van der Waals surface area contributed by atoms with E-state index in [0.29, 0.717) is 23.2 Å². The van der Waals surface area contributed by atoms with Crippen molar-refractivity contribution in [2.45, 2.75) is 65.5 Å². The number of aryl methyl sites for hydroxylation is 2. The number of aromatic nitrogens is 2. The molecule has 6 rings (SSSR count). The predicted molar refractivity (Wildman–Crippen MR) is 170 cm³/mol. The summed E-state index contributed by atoms with van der Waals surface area (Å²) < 4.78 is 8.60. The topological polar surface area (TPSA) is 64.3 Å². The maximum atomic E-state index is 11.6. The smallest absolute Gasteiger partial charge is 0.335 e. The van der Waals surface area contributed by atoms with Gasteiger partial charge in [0.05, 0.1) is 16.6 Å². The van der Waals surface area contributed by atoms with Crippen molar-refractivity contribution in [3.63, 3.8) is 0 Å². The fourth-order valence-electron chi connectivity index (χ4n) is 6.16. The van der Waals surface area contributed by atoms with Crippen molar-refractivity contribution in [1.82, 2.24) is 9.55 Å². The van der Waals surface area contributed by atoms with Crippen LogP contribution in [0.3, 0.4) is 0 Å². The minimum Gasteiger partial charge on any atom is -0.489 e. The van der Waals surface area contributed by atoms with Crippen LogP contribution in [0.4, 0.5) is 0 Å². The molecule has 0 amide bonds. The van der Waals surface area contributed by atoms with Crippen LogP contribution in [-0.4, -0.2) is 20.6 Å². The van der Waals surface area contributed by atoms with Crippen LogP contribution >= 0.6 is 11.6 Å². The zero-order chi connectivity index (χ0) is 29.4. The maximum absolute atomic E-state index is 11.6. The summed E-state index contributed by atoms with van der Waals surface area (Å²) in [4.78, 5) is 16.6. The molecule has 214 valence electrons. The van der Waals surface area contributed by atoms with E-state index in [0.717, 1.165) is 52.2 Å². The molecule has 6 heteroatoms. The minimum atomic E-state index is -0.942. The summed E-state index contributed by atoms with van der Waals surface area (Å²) in [5.74, 6) is 0.685. The molecule has 4 aromatic carbocycles. The molecule has 0 bridgehead atoms. The van der Waals surface area contributed by atoms with E-state index in [1.807, 2.05) is 42.5 Å². The summed E-state index contributed by atoms with van der Waals surface area (Å²) in [7, 11) is 0. The lowest BCUT2D eigenvalue weighted by molar-refractivity contribution is 0.0697. The molecule has 0 aliphatic heterocycles. The molecule has 42 heavy (non-hydrogen) atoms. The van der Waals surface area contributed by atoms with E-state index >= 15 is 0 Å². The van der Waals surface area contributed by atoms with Crippen molar-refractivity contribution in [2.75, 3.05) is 0 Å². The first-order valence-corrected chi connectivity index (χ1v) is 15.0. The summed E-state index contributed by atoms with van der Waals surface area (Å²) in [5.41, 5.74) is 10.1. The van der Waals surface area contributed by atoms with Crippen molar-refractivity contribution in [3.8, 4) is 28.3 Å². The van der Waals surface area contributed by atoms with Crippen LogP contribution < -0.4 is 4.74 Å². The second kappa shape index (κ2) is 11.7. The largest absolute Gasteiger partial charge is 0.489 e. The Morgan fingerprint density at radius 1 is 0.905 bits per heavy atom. The van der Waals surface area contributed by atoms with Crippen LogP contribution in [0.5, 0.6) is 5.75 Å². The second-order valence-corrected chi connectivity index (χ2v) is 11.9. The number of hydrogen-bond donors (Lipinski definition) is 1. The summed E-state index contributed by atoms with van der Waals surface area (Å²) in [5, 5.41) is 10.2. The number of nitrogens with zero attached hydrogens (tertiary/aromatic N) is 2. The SMILES string of the molecule is Cc1cc(-c2ccc(Cl)cc2COc2ccc(-c3nc4cc(C(=O)O)ccc4n3C3CCCCC3)cc2)cc(C)c1C. The van der Waals surface area contributed by atoms with Gasteiger partial charge in [-0.3, -0.25) is 0 Å². The summed E-state index contributed by atoms with van der Waals surface area (Å²) in [6.07, 6.45) is 5.84. The molecule has 1 N–H and O–H groups in total. The van der Waals surface area contributed by atoms with Gasteiger partial charge >= 0.3 is 5.97 Å². The van der Waals surface area contributed by atoms with E-state index in [-0.39, 0.29) is 5.56 Å². The zero-order valence-electron chi connectivity index (χ0n) is 24.3. The fraction of sp³-hybridized carbons (Fsp3) is 0.278. The first-order valence-electron chi connectivity index (χ1n) is 14.6. The minimum absolute atomic E-state index is 0.252. The van der Waals surface area contributed by atoms with E-state index in [4.69, 9.17) is 21.3 Å². The molecule has 0 spiro atoms. The van der Waals surface area contributed by atoms with Crippen LogP contribution in [0.25, 0.3) is 33.5 Å². The van der Waals surface area contributed by atoms with Gasteiger partial charge in [0.25, 0.3) is 0 Å². The second-order valence-electron chi connectivity index (χ2n) is 11.5.